The standard InChI is InChI=1S/C14H19N5O2S/c1-3-11-16-17-12(21-11)8-18(2)13(20)7-10-9-22-14-15-5-4-6-19(10)14/h9H,3-8H2,1-2H3. The predicted molar refractivity (Wildman–Crippen MR) is 84.1 cm³/mol. The summed E-state index contributed by atoms with van der Waals surface area (Å²) in [5.74, 6) is 1.11. The van der Waals surface area contributed by atoms with Crippen LogP contribution in [0.4, 0.5) is 0 Å². The number of aromatic nitrogens is 2. The topological polar surface area (TPSA) is 74.8 Å². The Balaban J connectivity index is 1.57. The van der Waals surface area contributed by atoms with Crippen LogP contribution in [0.2, 0.25) is 0 Å². The molecule has 1 aromatic heterocycles. The van der Waals surface area contributed by atoms with Gasteiger partial charge in [-0.05, 0) is 11.8 Å². The molecule has 0 saturated carbocycles. The van der Waals surface area contributed by atoms with E-state index in [1.54, 1.807) is 23.7 Å². The smallest absolute Gasteiger partial charge is 0.235 e. The first kappa shape index (κ1) is 15.1. The van der Waals surface area contributed by atoms with E-state index < -0.39 is 0 Å². The van der Waals surface area contributed by atoms with Crippen LogP contribution in [0.5, 0.6) is 0 Å². The summed E-state index contributed by atoms with van der Waals surface area (Å²) < 4.78 is 5.45. The quantitative estimate of drug-likeness (QED) is 0.820. The molecule has 0 fully saturated rings. The SMILES string of the molecule is CCc1nnc(CN(C)C(=O)CC2=CSC3=NCCCN23)o1. The van der Waals surface area contributed by atoms with Gasteiger partial charge in [0.2, 0.25) is 17.7 Å². The highest BCUT2D eigenvalue weighted by Gasteiger charge is 2.27. The van der Waals surface area contributed by atoms with Gasteiger partial charge in [0, 0.05) is 32.3 Å². The first-order valence-electron chi connectivity index (χ1n) is 7.40. The van der Waals surface area contributed by atoms with Gasteiger partial charge in [-0.25, -0.2) is 0 Å². The van der Waals surface area contributed by atoms with E-state index in [1.807, 2.05) is 12.3 Å². The zero-order chi connectivity index (χ0) is 15.5. The summed E-state index contributed by atoms with van der Waals surface area (Å²) in [6.07, 6.45) is 2.11. The van der Waals surface area contributed by atoms with Crippen LogP contribution < -0.4 is 0 Å². The summed E-state index contributed by atoms with van der Waals surface area (Å²) in [4.78, 5) is 20.6. The number of nitrogens with zero attached hydrogens (tertiary/aromatic N) is 5. The third-order valence-electron chi connectivity index (χ3n) is 3.61. The zero-order valence-corrected chi connectivity index (χ0v) is 13.6. The fraction of sp³-hybridized carbons (Fsp3) is 0.571. The molecule has 1 amide bonds. The molecule has 0 unspecified atom stereocenters. The van der Waals surface area contributed by atoms with Crippen LogP contribution in [-0.2, 0) is 17.8 Å². The maximum absolute atomic E-state index is 12.4. The number of aryl methyl sites for hydroxylation is 1. The van der Waals surface area contributed by atoms with E-state index in [-0.39, 0.29) is 5.91 Å². The van der Waals surface area contributed by atoms with Gasteiger partial charge in [0.15, 0.2) is 5.17 Å². The molecule has 1 aromatic rings. The molecule has 3 heterocycles. The third kappa shape index (κ3) is 3.16. The number of rotatable bonds is 5. The van der Waals surface area contributed by atoms with Crippen molar-refractivity contribution < 1.29 is 9.21 Å². The fourth-order valence-corrected chi connectivity index (χ4v) is 3.30. The number of carbonyl (C=O) groups is 1. The molecule has 0 N–H and O–H groups in total. The highest BCUT2D eigenvalue weighted by molar-refractivity contribution is 8.16. The average molecular weight is 321 g/mol. The minimum atomic E-state index is 0.0370. The number of amides is 1. The molecule has 3 rings (SSSR count). The maximum atomic E-state index is 12.4. The van der Waals surface area contributed by atoms with Gasteiger partial charge < -0.3 is 14.2 Å². The summed E-state index contributed by atoms with van der Waals surface area (Å²) >= 11 is 1.60. The summed E-state index contributed by atoms with van der Waals surface area (Å²) in [7, 11) is 1.76. The monoisotopic (exact) mass is 321 g/mol. The van der Waals surface area contributed by atoms with Gasteiger partial charge in [0.05, 0.1) is 13.0 Å². The summed E-state index contributed by atoms with van der Waals surface area (Å²) in [5, 5.41) is 10.9. The Labute approximate surface area is 133 Å². The van der Waals surface area contributed by atoms with Crippen molar-refractivity contribution in [2.75, 3.05) is 20.1 Å². The Morgan fingerprint density at radius 3 is 3.05 bits per heavy atom. The Kier molecular flexibility index (Phi) is 4.47. The second kappa shape index (κ2) is 6.51. The highest BCUT2D eigenvalue weighted by Crippen LogP contribution is 2.30. The molecule has 0 aromatic carbocycles. The van der Waals surface area contributed by atoms with Crippen molar-refractivity contribution in [3.05, 3.63) is 22.9 Å². The number of hydrogen-bond donors (Lipinski definition) is 0. The molecule has 0 bridgehead atoms. The Hall–Kier alpha value is -1.83. The fourth-order valence-electron chi connectivity index (χ4n) is 2.35. The number of thioether (sulfide) groups is 1. The van der Waals surface area contributed by atoms with Crippen molar-refractivity contribution in [1.29, 1.82) is 0 Å². The summed E-state index contributed by atoms with van der Waals surface area (Å²) in [5.41, 5.74) is 1.03. The van der Waals surface area contributed by atoms with Crippen LogP contribution >= 0.6 is 11.8 Å². The molecule has 118 valence electrons. The molecule has 2 aliphatic heterocycles. The highest BCUT2D eigenvalue weighted by atomic mass is 32.2. The summed E-state index contributed by atoms with van der Waals surface area (Å²) in [6, 6.07) is 0. The van der Waals surface area contributed by atoms with Crippen LogP contribution in [0, 0.1) is 0 Å². The van der Waals surface area contributed by atoms with E-state index in [9.17, 15) is 4.79 Å². The van der Waals surface area contributed by atoms with Gasteiger partial charge in [-0.15, -0.1) is 10.2 Å². The number of fused-ring (bicyclic) bond motifs is 1. The second-order valence-electron chi connectivity index (χ2n) is 5.27. The van der Waals surface area contributed by atoms with Gasteiger partial charge in [-0.3, -0.25) is 9.79 Å². The second-order valence-corrected chi connectivity index (χ2v) is 6.10. The molecule has 0 saturated heterocycles. The van der Waals surface area contributed by atoms with Crippen molar-refractivity contribution in [3.8, 4) is 0 Å². The van der Waals surface area contributed by atoms with Crippen molar-refractivity contribution in [1.82, 2.24) is 20.0 Å². The largest absolute Gasteiger partial charge is 0.423 e. The first-order valence-corrected chi connectivity index (χ1v) is 8.28. The Morgan fingerprint density at radius 1 is 1.45 bits per heavy atom. The molecule has 7 nitrogen and oxygen atoms in total. The third-order valence-corrected chi connectivity index (χ3v) is 4.56. The summed E-state index contributed by atoms with van der Waals surface area (Å²) in [6.45, 7) is 4.12. The molecule has 0 aliphatic carbocycles. The lowest BCUT2D eigenvalue weighted by Gasteiger charge is -2.26. The van der Waals surface area contributed by atoms with Crippen molar-refractivity contribution in [2.45, 2.75) is 32.7 Å². The van der Waals surface area contributed by atoms with E-state index >= 15 is 0 Å². The number of aliphatic imine (C=N–C) groups is 1. The van der Waals surface area contributed by atoms with Crippen LogP contribution in [-0.4, -0.2) is 51.2 Å². The molecular formula is C14H19N5O2S. The average Bonchev–Trinajstić information content (AvgIpc) is 3.14. The van der Waals surface area contributed by atoms with Crippen molar-refractivity contribution in [3.63, 3.8) is 0 Å². The minimum absolute atomic E-state index is 0.0370. The van der Waals surface area contributed by atoms with Crippen LogP contribution in [0.1, 0.15) is 31.5 Å². The van der Waals surface area contributed by atoms with Gasteiger partial charge in [-0.1, -0.05) is 18.7 Å². The predicted octanol–water partition coefficient (Wildman–Crippen LogP) is 1.63. The van der Waals surface area contributed by atoms with E-state index in [4.69, 9.17) is 4.42 Å². The zero-order valence-electron chi connectivity index (χ0n) is 12.8. The molecule has 0 spiro atoms. The van der Waals surface area contributed by atoms with Gasteiger partial charge in [0.1, 0.15) is 0 Å². The van der Waals surface area contributed by atoms with E-state index in [0.29, 0.717) is 31.2 Å². The van der Waals surface area contributed by atoms with Crippen LogP contribution in [0.3, 0.4) is 0 Å². The molecule has 8 heteroatoms. The molecule has 0 radical (unpaired) electrons. The first-order chi connectivity index (χ1) is 10.7. The van der Waals surface area contributed by atoms with Crippen LogP contribution in [0.25, 0.3) is 0 Å². The molecule has 2 aliphatic rings. The van der Waals surface area contributed by atoms with Crippen LogP contribution in [0.15, 0.2) is 20.5 Å². The lowest BCUT2D eigenvalue weighted by molar-refractivity contribution is -0.130. The van der Waals surface area contributed by atoms with E-state index in [1.165, 1.54) is 0 Å². The Morgan fingerprint density at radius 2 is 2.27 bits per heavy atom. The van der Waals surface area contributed by atoms with E-state index in [2.05, 4.69) is 20.1 Å². The number of hydrogen-bond acceptors (Lipinski definition) is 7. The van der Waals surface area contributed by atoms with E-state index in [0.717, 1.165) is 30.4 Å². The minimum Gasteiger partial charge on any atom is -0.423 e. The Bertz CT molecular complexity index is 625. The lowest BCUT2D eigenvalue weighted by atomic mass is 10.2. The van der Waals surface area contributed by atoms with Gasteiger partial charge in [0.25, 0.3) is 0 Å². The normalized spacial score (nSPS) is 17.1. The maximum Gasteiger partial charge on any atom is 0.235 e. The molecule has 22 heavy (non-hydrogen) atoms. The molecular weight excluding hydrogens is 302 g/mol. The number of carbonyl (C=O) groups excluding carboxylic acids is 1. The van der Waals surface area contributed by atoms with Gasteiger partial charge in [-0.2, -0.15) is 0 Å². The molecule has 0 atom stereocenters. The van der Waals surface area contributed by atoms with Gasteiger partial charge >= 0.3 is 0 Å². The van der Waals surface area contributed by atoms with Crippen molar-refractivity contribution in [2.24, 2.45) is 4.99 Å². The number of amidine groups is 1. The van der Waals surface area contributed by atoms with Crippen molar-refractivity contribution >= 4 is 22.8 Å². The lowest BCUT2D eigenvalue weighted by Crippen LogP contribution is -2.33.